The lowest BCUT2D eigenvalue weighted by molar-refractivity contribution is 0.0696. The second kappa shape index (κ2) is 6.34. The first-order valence-corrected chi connectivity index (χ1v) is 3.85. The molecule has 0 saturated heterocycles. The minimum absolute atomic E-state index is 0.220. The summed E-state index contributed by atoms with van der Waals surface area (Å²) in [6.07, 6.45) is 4.09. The van der Waals surface area contributed by atoms with Crippen LogP contribution in [0.3, 0.4) is 0 Å². The lowest BCUT2D eigenvalue weighted by Crippen LogP contribution is -1.94. The standard InChI is InChI=1S/C6H5NO2.C3H8/c8-6(9)5-2-1-3-7-4-5;1-3-2/h1-4H,(H,8,9);3H2,1-2H3. The molecule has 0 saturated carbocycles. The van der Waals surface area contributed by atoms with E-state index in [-0.39, 0.29) is 5.56 Å². The topological polar surface area (TPSA) is 50.2 Å². The Morgan fingerprint density at radius 3 is 2.42 bits per heavy atom. The summed E-state index contributed by atoms with van der Waals surface area (Å²) in [5.74, 6) is -0.942. The van der Waals surface area contributed by atoms with Gasteiger partial charge in [0.1, 0.15) is 0 Å². The molecule has 66 valence electrons. The zero-order chi connectivity index (χ0) is 9.40. The van der Waals surface area contributed by atoms with Crippen LogP contribution in [-0.4, -0.2) is 16.1 Å². The second-order valence-corrected chi connectivity index (χ2v) is 2.25. The maximum absolute atomic E-state index is 10.2. The van der Waals surface area contributed by atoms with Gasteiger partial charge in [0.25, 0.3) is 0 Å². The highest BCUT2D eigenvalue weighted by molar-refractivity contribution is 5.86. The lowest BCUT2D eigenvalue weighted by atomic mass is 10.3. The van der Waals surface area contributed by atoms with E-state index in [9.17, 15) is 4.79 Å². The number of aromatic carboxylic acids is 1. The van der Waals surface area contributed by atoms with Gasteiger partial charge in [0.2, 0.25) is 0 Å². The molecule has 0 atom stereocenters. The summed E-state index contributed by atoms with van der Waals surface area (Å²) < 4.78 is 0. The van der Waals surface area contributed by atoms with Gasteiger partial charge in [0.15, 0.2) is 0 Å². The number of aromatic nitrogens is 1. The molecule has 1 aromatic rings. The van der Waals surface area contributed by atoms with Crippen molar-refractivity contribution in [1.82, 2.24) is 4.98 Å². The molecule has 0 fully saturated rings. The third-order valence-electron chi connectivity index (χ3n) is 0.908. The molecule has 0 aromatic carbocycles. The lowest BCUT2D eigenvalue weighted by Gasteiger charge is -1.87. The van der Waals surface area contributed by atoms with E-state index >= 15 is 0 Å². The Morgan fingerprint density at radius 2 is 2.17 bits per heavy atom. The summed E-state index contributed by atoms with van der Waals surface area (Å²) in [5, 5.41) is 8.34. The molecular weight excluding hydrogens is 154 g/mol. The van der Waals surface area contributed by atoms with Crippen molar-refractivity contribution < 1.29 is 9.90 Å². The van der Waals surface area contributed by atoms with Crippen molar-refractivity contribution in [2.75, 3.05) is 0 Å². The number of nitrogens with zero attached hydrogens (tertiary/aromatic N) is 1. The number of hydrogen-bond acceptors (Lipinski definition) is 2. The van der Waals surface area contributed by atoms with Gasteiger partial charge in [-0.3, -0.25) is 4.98 Å². The molecule has 0 spiro atoms. The van der Waals surface area contributed by atoms with E-state index in [1.807, 2.05) is 0 Å². The van der Waals surface area contributed by atoms with Crippen molar-refractivity contribution in [3.8, 4) is 0 Å². The molecular formula is C9H13NO2. The Kier molecular flexibility index (Phi) is 5.61. The fourth-order valence-electron chi connectivity index (χ4n) is 0.489. The van der Waals surface area contributed by atoms with Gasteiger partial charge in [-0.1, -0.05) is 20.3 Å². The average Bonchev–Trinajstić information content (AvgIpc) is 2.07. The second-order valence-electron chi connectivity index (χ2n) is 2.25. The van der Waals surface area contributed by atoms with Crippen LogP contribution < -0.4 is 0 Å². The zero-order valence-corrected chi connectivity index (χ0v) is 7.32. The maximum atomic E-state index is 10.2. The largest absolute Gasteiger partial charge is 0.478 e. The van der Waals surface area contributed by atoms with Crippen LogP contribution in [0.25, 0.3) is 0 Å². The average molecular weight is 167 g/mol. The van der Waals surface area contributed by atoms with Crippen molar-refractivity contribution in [2.45, 2.75) is 20.3 Å². The van der Waals surface area contributed by atoms with E-state index < -0.39 is 5.97 Å². The first-order chi connectivity index (χ1) is 5.72. The van der Waals surface area contributed by atoms with E-state index in [4.69, 9.17) is 5.11 Å². The summed E-state index contributed by atoms with van der Waals surface area (Å²) >= 11 is 0. The molecule has 0 radical (unpaired) electrons. The van der Waals surface area contributed by atoms with Gasteiger partial charge in [-0.2, -0.15) is 0 Å². The molecule has 0 unspecified atom stereocenters. The molecule has 3 heteroatoms. The highest BCUT2D eigenvalue weighted by atomic mass is 16.4. The highest BCUT2D eigenvalue weighted by Crippen LogP contribution is 1.92. The van der Waals surface area contributed by atoms with Crippen LogP contribution >= 0.6 is 0 Å². The van der Waals surface area contributed by atoms with Crippen molar-refractivity contribution in [3.63, 3.8) is 0 Å². The Hall–Kier alpha value is -1.38. The van der Waals surface area contributed by atoms with Gasteiger partial charge in [-0.15, -0.1) is 0 Å². The monoisotopic (exact) mass is 167 g/mol. The normalized spacial score (nSPS) is 8.17. The molecule has 1 heterocycles. The first kappa shape index (κ1) is 10.6. The van der Waals surface area contributed by atoms with Gasteiger partial charge in [-0.25, -0.2) is 4.79 Å². The Balaban J connectivity index is 0.000000354. The smallest absolute Gasteiger partial charge is 0.337 e. The number of carboxylic acid groups (broad SMARTS) is 1. The fraction of sp³-hybridized carbons (Fsp3) is 0.333. The van der Waals surface area contributed by atoms with Crippen molar-refractivity contribution >= 4 is 5.97 Å². The predicted molar refractivity (Wildman–Crippen MR) is 47.2 cm³/mol. The molecule has 1 rings (SSSR count). The van der Waals surface area contributed by atoms with Crippen LogP contribution in [0, 0.1) is 0 Å². The van der Waals surface area contributed by atoms with Crippen LogP contribution in [0.15, 0.2) is 24.5 Å². The molecule has 12 heavy (non-hydrogen) atoms. The van der Waals surface area contributed by atoms with Crippen LogP contribution in [0.1, 0.15) is 30.6 Å². The van der Waals surface area contributed by atoms with Crippen molar-refractivity contribution in [2.24, 2.45) is 0 Å². The number of rotatable bonds is 1. The Morgan fingerprint density at radius 1 is 1.58 bits per heavy atom. The van der Waals surface area contributed by atoms with Crippen molar-refractivity contribution in [1.29, 1.82) is 0 Å². The summed E-state index contributed by atoms with van der Waals surface area (Å²) in [6, 6.07) is 3.08. The van der Waals surface area contributed by atoms with Gasteiger partial charge in [0.05, 0.1) is 5.56 Å². The summed E-state index contributed by atoms with van der Waals surface area (Å²) in [7, 11) is 0. The zero-order valence-electron chi connectivity index (χ0n) is 7.32. The fourth-order valence-corrected chi connectivity index (χ4v) is 0.489. The van der Waals surface area contributed by atoms with Gasteiger partial charge in [-0.05, 0) is 12.1 Å². The third-order valence-corrected chi connectivity index (χ3v) is 0.908. The van der Waals surface area contributed by atoms with Gasteiger partial charge < -0.3 is 5.11 Å². The van der Waals surface area contributed by atoms with Crippen LogP contribution in [0.4, 0.5) is 0 Å². The maximum Gasteiger partial charge on any atom is 0.337 e. The molecule has 1 aromatic heterocycles. The molecule has 0 amide bonds. The minimum Gasteiger partial charge on any atom is -0.478 e. The van der Waals surface area contributed by atoms with Crippen LogP contribution in [0.5, 0.6) is 0 Å². The Bertz CT molecular complexity index is 221. The molecule has 0 aliphatic heterocycles. The molecule has 1 N–H and O–H groups in total. The minimum atomic E-state index is -0.942. The quantitative estimate of drug-likeness (QED) is 0.697. The number of hydrogen-bond donors (Lipinski definition) is 1. The van der Waals surface area contributed by atoms with E-state index in [0.29, 0.717) is 0 Å². The summed E-state index contributed by atoms with van der Waals surface area (Å²) in [4.78, 5) is 13.8. The van der Waals surface area contributed by atoms with Gasteiger partial charge in [0, 0.05) is 12.4 Å². The predicted octanol–water partition coefficient (Wildman–Crippen LogP) is 2.20. The SMILES string of the molecule is CCC.O=C(O)c1cccnc1. The number of carbonyl (C=O) groups is 1. The van der Waals surface area contributed by atoms with E-state index in [2.05, 4.69) is 18.8 Å². The van der Waals surface area contributed by atoms with Crippen LogP contribution in [0.2, 0.25) is 0 Å². The molecule has 0 bridgehead atoms. The first-order valence-electron chi connectivity index (χ1n) is 3.85. The third kappa shape index (κ3) is 4.44. The molecule has 0 aliphatic carbocycles. The Labute approximate surface area is 72.1 Å². The number of pyridine rings is 1. The summed E-state index contributed by atoms with van der Waals surface area (Å²) in [6.45, 7) is 4.25. The van der Waals surface area contributed by atoms with Crippen LogP contribution in [-0.2, 0) is 0 Å². The molecule has 3 nitrogen and oxygen atoms in total. The van der Waals surface area contributed by atoms with E-state index in [0.717, 1.165) is 0 Å². The molecule has 0 aliphatic rings. The number of carboxylic acids is 1. The van der Waals surface area contributed by atoms with Gasteiger partial charge >= 0.3 is 5.97 Å². The van der Waals surface area contributed by atoms with E-state index in [1.165, 1.54) is 24.9 Å². The summed E-state index contributed by atoms with van der Waals surface area (Å²) in [5.41, 5.74) is 0.220. The van der Waals surface area contributed by atoms with E-state index in [1.54, 1.807) is 6.07 Å². The van der Waals surface area contributed by atoms with Crippen molar-refractivity contribution in [3.05, 3.63) is 30.1 Å². The highest BCUT2D eigenvalue weighted by Gasteiger charge is 1.97.